The van der Waals surface area contributed by atoms with Gasteiger partial charge in [-0.3, -0.25) is 9.59 Å². The summed E-state index contributed by atoms with van der Waals surface area (Å²) in [5.41, 5.74) is 4.06. The molecule has 0 spiro atoms. The van der Waals surface area contributed by atoms with Crippen molar-refractivity contribution < 1.29 is 14.3 Å². The van der Waals surface area contributed by atoms with E-state index in [9.17, 15) is 9.59 Å². The Kier molecular flexibility index (Phi) is 5.36. The van der Waals surface area contributed by atoms with E-state index in [0.29, 0.717) is 44.2 Å². The maximum absolute atomic E-state index is 13.0. The second-order valence-electron chi connectivity index (χ2n) is 7.83. The summed E-state index contributed by atoms with van der Waals surface area (Å²) in [6, 6.07) is 6.04. The molecule has 2 aromatic rings. The van der Waals surface area contributed by atoms with Gasteiger partial charge in [-0.25, -0.2) is 0 Å². The maximum Gasteiger partial charge on any atom is 0.276 e. The lowest BCUT2D eigenvalue weighted by Gasteiger charge is -2.35. The zero-order valence-electron chi connectivity index (χ0n) is 17.2. The van der Waals surface area contributed by atoms with Gasteiger partial charge in [-0.15, -0.1) is 5.10 Å². The van der Waals surface area contributed by atoms with Gasteiger partial charge in [0.2, 0.25) is 0 Å². The van der Waals surface area contributed by atoms with Crippen LogP contribution in [0.1, 0.15) is 40.2 Å². The molecule has 154 valence electrons. The van der Waals surface area contributed by atoms with Gasteiger partial charge in [0.1, 0.15) is 6.10 Å². The molecule has 1 aromatic carbocycles. The van der Waals surface area contributed by atoms with E-state index in [1.807, 2.05) is 26.0 Å². The Hall–Kier alpha value is -2.74. The van der Waals surface area contributed by atoms with Crippen LogP contribution in [0.25, 0.3) is 5.69 Å². The topological polar surface area (TPSA) is 80.6 Å². The zero-order chi connectivity index (χ0) is 20.5. The maximum atomic E-state index is 13.0. The molecule has 29 heavy (non-hydrogen) atoms. The fourth-order valence-electron chi connectivity index (χ4n) is 3.97. The smallest absolute Gasteiger partial charge is 0.276 e. The third-order valence-corrected chi connectivity index (χ3v) is 5.64. The van der Waals surface area contributed by atoms with Crippen LogP contribution < -0.4 is 0 Å². The normalized spacial score (nSPS) is 19.6. The number of rotatable bonds is 3. The standard InChI is InChI=1S/C21H27N5O3/c1-14-6-7-17(15(2)13-14)26-22-16(3)19(23-26)21(28)25-10-8-24(9-11-25)20(27)18-5-4-12-29-18/h6-7,13,18H,4-5,8-12H2,1-3H3. The summed E-state index contributed by atoms with van der Waals surface area (Å²) in [5.74, 6) is -0.0886. The molecule has 8 nitrogen and oxygen atoms in total. The van der Waals surface area contributed by atoms with Crippen molar-refractivity contribution in [2.24, 2.45) is 0 Å². The third kappa shape index (κ3) is 3.89. The molecule has 2 aliphatic heterocycles. The van der Waals surface area contributed by atoms with Crippen LogP contribution in [0.3, 0.4) is 0 Å². The van der Waals surface area contributed by atoms with Gasteiger partial charge in [-0.05, 0) is 45.2 Å². The molecular weight excluding hydrogens is 370 g/mol. The number of piperazine rings is 1. The highest BCUT2D eigenvalue weighted by Crippen LogP contribution is 2.18. The fraction of sp³-hybridized carbons (Fsp3) is 0.524. The van der Waals surface area contributed by atoms with E-state index in [2.05, 4.69) is 16.3 Å². The first-order chi connectivity index (χ1) is 13.9. The number of ether oxygens (including phenoxy) is 1. The molecule has 1 unspecified atom stereocenters. The van der Waals surface area contributed by atoms with Crippen LogP contribution in [0, 0.1) is 20.8 Å². The summed E-state index contributed by atoms with van der Waals surface area (Å²) < 4.78 is 5.50. The molecule has 0 saturated carbocycles. The van der Waals surface area contributed by atoms with Crippen LogP contribution >= 0.6 is 0 Å². The van der Waals surface area contributed by atoms with Gasteiger partial charge in [-0.1, -0.05) is 17.7 Å². The van der Waals surface area contributed by atoms with Crippen molar-refractivity contribution in [1.29, 1.82) is 0 Å². The van der Waals surface area contributed by atoms with Crippen LogP contribution in [0.15, 0.2) is 18.2 Å². The van der Waals surface area contributed by atoms with Crippen molar-refractivity contribution in [2.75, 3.05) is 32.8 Å². The summed E-state index contributed by atoms with van der Waals surface area (Å²) in [5, 5.41) is 8.94. The van der Waals surface area contributed by atoms with E-state index in [0.717, 1.165) is 24.1 Å². The minimum atomic E-state index is -0.308. The highest BCUT2D eigenvalue weighted by Gasteiger charge is 2.32. The van der Waals surface area contributed by atoms with Crippen LogP contribution in [0.5, 0.6) is 0 Å². The van der Waals surface area contributed by atoms with E-state index >= 15 is 0 Å². The molecule has 4 rings (SSSR count). The first-order valence-corrected chi connectivity index (χ1v) is 10.2. The Morgan fingerprint density at radius 2 is 1.76 bits per heavy atom. The van der Waals surface area contributed by atoms with Crippen molar-refractivity contribution >= 4 is 11.8 Å². The van der Waals surface area contributed by atoms with Crippen molar-refractivity contribution in [3.63, 3.8) is 0 Å². The molecule has 0 radical (unpaired) electrons. The molecule has 0 N–H and O–H groups in total. The number of benzene rings is 1. The lowest BCUT2D eigenvalue weighted by molar-refractivity contribution is -0.142. The molecule has 2 fully saturated rings. The largest absolute Gasteiger partial charge is 0.368 e. The summed E-state index contributed by atoms with van der Waals surface area (Å²) in [4.78, 5) is 30.6. The van der Waals surface area contributed by atoms with Gasteiger partial charge in [0.05, 0.1) is 11.4 Å². The number of aryl methyl sites for hydroxylation is 3. The van der Waals surface area contributed by atoms with Crippen LogP contribution in [0.4, 0.5) is 0 Å². The van der Waals surface area contributed by atoms with E-state index < -0.39 is 0 Å². The Balaban J connectivity index is 1.44. The number of carbonyl (C=O) groups excluding carboxylic acids is 2. The summed E-state index contributed by atoms with van der Waals surface area (Å²) in [6.07, 6.45) is 1.42. The Morgan fingerprint density at radius 3 is 2.41 bits per heavy atom. The molecule has 2 amide bonds. The van der Waals surface area contributed by atoms with E-state index in [-0.39, 0.29) is 17.9 Å². The van der Waals surface area contributed by atoms with Gasteiger partial charge >= 0.3 is 0 Å². The molecule has 2 aliphatic rings. The molecular formula is C21H27N5O3. The third-order valence-electron chi connectivity index (χ3n) is 5.64. The SMILES string of the molecule is Cc1ccc(-n2nc(C)c(C(=O)N3CCN(C(=O)C4CCCO4)CC3)n2)c(C)c1. The van der Waals surface area contributed by atoms with Crippen molar-refractivity contribution in [1.82, 2.24) is 24.8 Å². The lowest BCUT2D eigenvalue weighted by atomic mass is 10.1. The average molecular weight is 397 g/mol. The number of hydrogen-bond donors (Lipinski definition) is 0. The zero-order valence-corrected chi connectivity index (χ0v) is 17.2. The van der Waals surface area contributed by atoms with Gasteiger partial charge < -0.3 is 14.5 Å². The van der Waals surface area contributed by atoms with Crippen molar-refractivity contribution in [3.05, 3.63) is 40.7 Å². The minimum absolute atomic E-state index is 0.0478. The minimum Gasteiger partial charge on any atom is -0.368 e. The number of amides is 2. The highest BCUT2D eigenvalue weighted by molar-refractivity contribution is 5.93. The summed E-state index contributed by atoms with van der Waals surface area (Å²) in [7, 11) is 0. The van der Waals surface area contributed by atoms with Gasteiger partial charge in [0.15, 0.2) is 5.69 Å². The monoisotopic (exact) mass is 397 g/mol. The predicted molar refractivity (Wildman–Crippen MR) is 107 cm³/mol. The molecule has 0 bridgehead atoms. The van der Waals surface area contributed by atoms with Gasteiger partial charge in [0, 0.05) is 32.8 Å². The number of aromatic nitrogens is 3. The fourth-order valence-corrected chi connectivity index (χ4v) is 3.97. The second kappa shape index (κ2) is 7.94. The quantitative estimate of drug-likeness (QED) is 0.787. The van der Waals surface area contributed by atoms with Gasteiger partial charge in [0.25, 0.3) is 11.8 Å². The molecule has 0 aliphatic carbocycles. The first kappa shape index (κ1) is 19.6. The van der Waals surface area contributed by atoms with Gasteiger partial charge in [-0.2, -0.15) is 9.90 Å². The second-order valence-corrected chi connectivity index (χ2v) is 7.83. The van der Waals surface area contributed by atoms with E-state index in [4.69, 9.17) is 4.74 Å². The number of hydrogen-bond acceptors (Lipinski definition) is 5. The average Bonchev–Trinajstić information content (AvgIpc) is 3.37. The molecule has 1 aromatic heterocycles. The first-order valence-electron chi connectivity index (χ1n) is 10.2. The number of carbonyl (C=O) groups is 2. The van der Waals surface area contributed by atoms with Crippen LogP contribution in [-0.2, 0) is 9.53 Å². The van der Waals surface area contributed by atoms with Crippen molar-refractivity contribution in [3.8, 4) is 5.69 Å². The molecule has 3 heterocycles. The molecule has 8 heteroatoms. The van der Waals surface area contributed by atoms with Crippen molar-refractivity contribution in [2.45, 2.75) is 39.7 Å². The Morgan fingerprint density at radius 1 is 1.03 bits per heavy atom. The summed E-state index contributed by atoms with van der Waals surface area (Å²) >= 11 is 0. The van der Waals surface area contributed by atoms with Crippen LogP contribution in [-0.4, -0.2) is 75.5 Å². The Bertz CT molecular complexity index is 924. The molecule has 2 saturated heterocycles. The number of nitrogens with zero attached hydrogens (tertiary/aromatic N) is 5. The molecule has 1 atom stereocenters. The highest BCUT2D eigenvalue weighted by atomic mass is 16.5. The van der Waals surface area contributed by atoms with E-state index in [1.165, 1.54) is 10.4 Å². The van der Waals surface area contributed by atoms with Crippen LogP contribution in [0.2, 0.25) is 0 Å². The lowest BCUT2D eigenvalue weighted by Crippen LogP contribution is -2.53. The summed E-state index contributed by atoms with van der Waals surface area (Å²) in [6.45, 7) is 8.54. The van der Waals surface area contributed by atoms with E-state index in [1.54, 1.807) is 16.7 Å². The Labute approximate surface area is 170 Å². The predicted octanol–water partition coefficient (Wildman–Crippen LogP) is 1.66.